The van der Waals surface area contributed by atoms with Crippen LogP contribution >= 0.6 is 0 Å². The molecule has 0 saturated carbocycles. The van der Waals surface area contributed by atoms with Gasteiger partial charge in [-0.15, -0.1) is 0 Å². The molecule has 1 saturated heterocycles. The Morgan fingerprint density at radius 3 is 1.42 bits per heavy atom. The van der Waals surface area contributed by atoms with Gasteiger partial charge in [-0.05, 0) is 128 Å². The standard InChI is InChI=1S/C65H105N23O15/c1-36(79-50(91)34-78-62(102)52(38(3)89)87-60(100)46(32-40-19-8-5-9-20-40)86-59(99)47(33-49(69)90)81-51(92)35-77-56(96)41(68)31-39-17-6-4-7-18-39)54(94)83-44(24-15-29-76-65(73)74)58(98)85-45(22-11-13-27-67)63(103)88-30-16-25-48(88)61(101)80-37(2)55(95)84-43(23-14-28-75-64(71)72)57(97)82-42(53(70)93)21-10-12-26-66/h4-9,17-20,36-38,41-48,52,89H,10-16,21-35,66-68H2,1-3H3,(H2,69,90)(H2,70,93)(H,77,96)(H,78,102)(H,79,91)(H,80,101)(H,81,92)(H,82,97)(H,83,94)(H,84,95)(H,85,98)(H,86,99)(H,87,100)(H4,71,72,75)(H4,73,74,76)/t36-,37-,38+,41-,42-,43-,44-,45-,46-,47-,48-,52-/m0/s1. The number of nitrogens with zero attached hydrogens (tertiary/aromatic N) is 3. The van der Waals surface area contributed by atoms with Crippen molar-refractivity contribution in [2.75, 3.05) is 45.8 Å². The van der Waals surface area contributed by atoms with E-state index in [0.29, 0.717) is 44.2 Å². The van der Waals surface area contributed by atoms with Crippen molar-refractivity contribution < 1.29 is 72.2 Å². The molecule has 1 heterocycles. The molecule has 1 aliphatic rings. The Balaban J connectivity index is 1.74. The van der Waals surface area contributed by atoms with E-state index < -0.39 is 175 Å². The van der Waals surface area contributed by atoms with E-state index in [2.05, 4.69) is 68.5 Å². The zero-order valence-electron chi connectivity index (χ0n) is 58.5. The first kappa shape index (κ1) is 86.6. The number of guanidine groups is 2. The summed E-state index contributed by atoms with van der Waals surface area (Å²) in [7, 11) is 0. The fourth-order valence-corrected chi connectivity index (χ4v) is 10.6. The van der Waals surface area contributed by atoms with Crippen LogP contribution < -0.4 is 110 Å². The van der Waals surface area contributed by atoms with E-state index in [1.165, 1.54) is 18.7 Å². The number of primary amides is 2. The van der Waals surface area contributed by atoms with E-state index in [-0.39, 0.29) is 95.9 Å². The minimum Gasteiger partial charge on any atom is -0.391 e. The molecule has 0 bridgehead atoms. The van der Waals surface area contributed by atoms with E-state index in [4.69, 9.17) is 51.6 Å². The van der Waals surface area contributed by atoms with E-state index in [9.17, 15) is 72.2 Å². The molecule has 1 fully saturated rings. The smallest absolute Gasteiger partial charge is 0.245 e. The predicted molar refractivity (Wildman–Crippen MR) is 378 cm³/mol. The molecular formula is C65H105N23O15. The van der Waals surface area contributed by atoms with Crippen molar-refractivity contribution in [3.8, 4) is 0 Å². The number of carbonyl (C=O) groups excluding carboxylic acids is 14. The molecule has 12 atom stereocenters. The molecule has 0 aromatic heterocycles. The van der Waals surface area contributed by atoms with Crippen LogP contribution in [0, 0.1) is 0 Å². The Labute approximate surface area is 597 Å². The quantitative estimate of drug-likeness (QED) is 0.0166. The lowest BCUT2D eigenvalue weighted by Crippen LogP contribution is -2.60. The summed E-state index contributed by atoms with van der Waals surface area (Å²) >= 11 is 0. The largest absolute Gasteiger partial charge is 0.391 e. The van der Waals surface area contributed by atoms with Gasteiger partial charge in [0.2, 0.25) is 82.7 Å². The van der Waals surface area contributed by atoms with Gasteiger partial charge in [-0.3, -0.25) is 77.1 Å². The first-order valence-corrected chi connectivity index (χ1v) is 34.0. The third-order valence-corrected chi connectivity index (χ3v) is 16.2. The number of nitrogens with one attached hydrogen (secondary N) is 11. The zero-order chi connectivity index (χ0) is 76.7. The molecule has 30 N–H and O–H groups in total. The highest BCUT2D eigenvalue weighted by molar-refractivity contribution is 6.00. The molecule has 0 radical (unpaired) electrons. The predicted octanol–water partition coefficient (Wildman–Crippen LogP) is -8.47. The number of unbranched alkanes of at least 4 members (excludes halogenated alkanes) is 2. The summed E-state index contributed by atoms with van der Waals surface area (Å²) in [5.41, 5.74) is 51.6. The van der Waals surface area contributed by atoms with Crippen molar-refractivity contribution in [2.24, 2.45) is 61.6 Å². The lowest BCUT2D eigenvalue weighted by atomic mass is 10.0. The Morgan fingerprint density at radius 1 is 0.485 bits per heavy atom. The van der Waals surface area contributed by atoms with Crippen LogP contribution in [0.4, 0.5) is 0 Å². The van der Waals surface area contributed by atoms with Gasteiger partial charge in [-0.2, -0.15) is 0 Å². The molecule has 1 aliphatic heterocycles. The summed E-state index contributed by atoms with van der Waals surface area (Å²) < 4.78 is 0. The summed E-state index contributed by atoms with van der Waals surface area (Å²) in [6.45, 7) is 2.97. The average molecular weight is 1450 g/mol. The number of carbonyl (C=O) groups is 14. The number of aliphatic imine (C=N–C) groups is 2. The van der Waals surface area contributed by atoms with E-state index in [1.54, 1.807) is 60.7 Å². The molecule has 2 aromatic rings. The van der Waals surface area contributed by atoms with Gasteiger partial charge in [-0.1, -0.05) is 60.7 Å². The second-order valence-corrected chi connectivity index (χ2v) is 24.8. The molecule has 0 spiro atoms. The van der Waals surface area contributed by atoms with Crippen molar-refractivity contribution in [1.29, 1.82) is 0 Å². The number of nitrogens with two attached hydrogens (primary N) is 9. The second-order valence-electron chi connectivity index (χ2n) is 24.8. The van der Waals surface area contributed by atoms with Gasteiger partial charge in [0.25, 0.3) is 0 Å². The number of hydrogen-bond acceptors (Lipinski definition) is 20. The Morgan fingerprint density at radius 2 is 0.922 bits per heavy atom. The van der Waals surface area contributed by atoms with Gasteiger partial charge in [0.15, 0.2) is 11.9 Å². The third kappa shape index (κ3) is 32.7. The van der Waals surface area contributed by atoms with E-state index in [0.717, 1.165) is 12.5 Å². The van der Waals surface area contributed by atoms with Crippen LogP contribution in [0.25, 0.3) is 0 Å². The molecule has 38 heteroatoms. The zero-order valence-corrected chi connectivity index (χ0v) is 58.5. The first-order chi connectivity index (χ1) is 48.8. The molecule has 38 nitrogen and oxygen atoms in total. The van der Waals surface area contributed by atoms with Gasteiger partial charge < -0.3 is 120 Å². The van der Waals surface area contributed by atoms with Crippen LogP contribution in [0.5, 0.6) is 0 Å². The maximum atomic E-state index is 14.6. The van der Waals surface area contributed by atoms with Gasteiger partial charge in [0.05, 0.1) is 31.7 Å². The molecule has 570 valence electrons. The van der Waals surface area contributed by atoms with Crippen LogP contribution in [0.1, 0.15) is 115 Å². The van der Waals surface area contributed by atoms with Gasteiger partial charge in [0.1, 0.15) is 60.4 Å². The van der Waals surface area contributed by atoms with Crippen molar-refractivity contribution in [3.05, 3.63) is 71.8 Å². The monoisotopic (exact) mass is 1450 g/mol. The number of aliphatic hydroxyl groups is 1. The van der Waals surface area contributed by atoms with Crippen molar-refractivity contribution in [3.63, 3.8) is 0 Å². The lowest BCUT2D eigenvalue weighted by Gasteiger charge is -2.30. The minimum atomic E-state index is -1.79. The summed E-state index contributed by atoms with van der Waals surface area (Å²) in [5.74, 6) is -12.8. The molecular weight excluding hydrogens is 1340 g/mol. The number of hydrogen-bond donors (Lipinski definition) is 21. The van der Waals surface area contributed by atoms with Gasteiger partial charge >= 0.3 is 0 Å². The highest BCUT2D eigenvalue weighted by atomic mass is 16.3. The number of aliphatic hydroxyl groups excluding tert-OH is 1. The molecule has 14 amide bonds. The molecule has 3 rings (SSSR count). The summed E-state index contributed by atoms with van der Waals surface area (Å²) in [5, 5.41) is 38.0. The minimum absolute atomic E-state index is 0.00397. The average Bonchev–Trinajstić information content (AvgIpc) is 1.74. The van der Waals surface area contributed by atoms with Crippen molar-refractivity contribution >= 4 is 94.6 Å². The van der Waals surface area contributed by atoms with E-state index >= 15 is 0 Å². The molecule has 0 aliphatic carbocycles. The van der Waals surface area contributed by atoms with Crippen LogP contribution in [0.2, 0.25) is 0 Å². The third-order valence-electron chi connectivity index (χ3n) is 16.2. The second kappa shape index (κ2) is 46.0. The molecule has 2 aromatic carbocycles. The van der Waals surface area contributed by atoms with Crippen molar-refractivity contribution in [2.45, 2.75) is 190 Å². The van der Waals surface area contributed by atoms with Crippen molar-refractivity contribution in [1.82, 2.24) is 63.4 Å². The van der Waals surface area contributed by atoms with Crippen LogP contribution in [0.15, 0.2) is 70.6 Å². The maximum Gasteiger partial charge on any atom is 0.245 e. The number of amides is 14. The highest BCUT2D eigenvalue weighted by Gasteiger charge is 2.40. The lowest BCUT2D eigenvalue weighted by molar-refractivity contribution is -0.142. The fourth-order valence-electron chi connectivity index (χ4n) is 10.6. The van der Waals surface area contributed by atoms with Crippen LogP contribution in [0.3, 0.4) is 0 Å². The number of rotatable bonds is 47. The normalized spacial score (nSPS) is 15.6. The summed E-state index contributed by atoms with van der Waals surface area (Å²) in [6, 6.07) is 2.11. The molecule has 0 unspecified atom stereocenters. The topological polar surface area (TPSA) is 654 Å². The van der Waals surface area contributed by atoms with Crippen LogP contribution in [-0.2, 0) is 80.0 Å². The number of likely N-dealkylation sites (tertiary alicyclic amines) is 1. The van der Waals surface area contributed by atoms with E-state index in [1.807, 2.05) is 0 Å². The first-order valence-electron chi connectivity index (χ1n) is 34.0. The fraction of sp³-hybridized carbons (Fsp3) is 0.569. The maximum absolute atomic E-state index is 14.6. The summed E-state index contributed by atoms with van der Waals surface area (Å²) in [6.07, 6.45) is 0.197. The highest BCUT2D eigenvalue weighted by Crippen LogP contribution is 2.21. The Bertz CT molecular complexity index is 3230. The SMILES string of the molecule is C[C@H](NC(=O)CNC(=O)[C@@H](NC(=O)[C@H](Cc1ccccc1)NC(=O)[C@H](CC(N)=O)NC(=O)CNC(=O)[C@@H](N)Cc1ccccc1)[C@@H](C)O)C(=O)N[C@@H](CCCN=C(N)N)C(=O)N[C@@H](CCCCN)C(=O)N1CCC[C@H]1C(=O)N[C@@H](C)C(=O)N[C@@H](CCCN=C(N)N)C(=O)N[C@@H](CCCCN)C(N)=O. The van der Waals surface area contributed by atoms with Gasteiger partial charge in [-0.25, -0.2) is 0 Å². The molecule has 103 heavy (non-hydrogen) atoms. The number of benzene rings is 2. The Hall–Kier alpha value is -10.6. The van der Waals surface area contributed by atoms with Crippen LogP contribution in [-0.4, -0.2) is 223 Å². The van der Waals surface area contributed by atoms with Gasteiger partial charge in [0, 0.05) is 26.1 Å². The Kier molecular flexibility index (Phi) is 38.7. The summed E-state index contributed by atoms with van der Waals surface area (Å²) in [4.78, 5) is 198.